The molecule has 1 aliphatic heterocycles. The van der Waals surface area contributed by atoms with E-state index in [4.69, 9.17) is 0 Å². The third-order valence-electron chi connectivity index (χ3n) is 3.29. The minimum atomic E-state index is 0.0244. The molecule has 0 fully saturated rings. The van der Waals surface area contributed by atoms with Crippen molar-refractivity contribution in [2.45, 2.75) is 32.7 Å². The third kappa shape index (κ3) is 3.98. The van der Waals surface area contributed by atoms with E-state index in [9.17, 15) is 4.79 Å². The van der Waals surface area contributed by atoms with Crippen LogP contribution in [-0.4, -0.2) is 22.9 Å². The van der Waals surface area contributed by atoms with Crippen LogP contribution in [0.5, 0.6) is 0 Å². The van der Waals surface area contributed by atoms with E-state index in [0.717, 1.165) is 17.8 Å². The van der Waals surface area contributed by atoms with Crippen LogP contribution >= 0.6 is 0 Å². The first-order valence-electron chi connectivity index (χ1n) is 6.94. The van der Waals surface area contributed by atoms with Crippen molar-refractivity contribution in [2.24, 2.45) is 0 Å². The van der Waals surface area contributed by atoms with Crippen molar-refractivity contribution >= 4 is 5.91 Å². The smallest absolute Gasteiger partial charge is 0.228 e. The van der Waals surface area contributed by atoms with Crippen LogP contribution in [0, 0.1) is 0 Å². The Balaban J connectivity index is 1.88. The van der Waals surface area contributed by atoms with Gasteiger partial charge in [0, 0.05) is 24.0 Å². The monoisotopic (exact) mass is 270 g/mol. The van der Waals surface area contributed by atoms with Crippen LogP contribution in [0.4, 0.5) is 0 Å². The van der Waals surface area contributed by atoms with Gasteiger partial charge >= 0.3 is 0 Å². The summed E-state index contributed by atoms with van der Waals surface area (Å²) in [4.78, 5) is 14.2. The SMILES string of the molecule is CC(C)(C)N1C=CC(NC(=O)Cc2ccccc2)=CC1. The van der Waals surface area contributed by atoms with Gasteiger partial charge in [-0.2, -0.15) is 0 Å². The van der Waals surface area contributed by atoms with E-state index in [-0.39, 0.29) is 11.4 Å². The maximum atomic E-state index is 12.0. The minimum Gasteiger partial charge on any atom is -0.369 e. The fraction of sp³-hybridized carbons (Fsp3) is 0.353. The zero-order chi connectivity index (χ0) is 14.6. The molecule has 1 amide bonds. The molecule has 0 saturated carbocycles. The van der Waals surface area contributed by atoms with Gasteiger partial charge in [-0.25, -0.2) is 0 Å². The summed E-state index contributed by atoms with van der Waals surface area (Å²) in [7, 11) is 0. The number of carbonyl (C=O) groups excluding carboxylic acids is 1. The van der Waals surface area contributed by atoms with E-state index >= 15 is 0 Å². The Bertz CT molecular complexity index is 524. The number of rotatable bonds is 3. The number of allylic oxidation sites excluding steroid dienone is 1. The molecule has 20 heavy (non-hydrogen) atoms. The number of carbonyl (C=O) groups is 1. The number of hydrogen-bond acceptors (Lipinski definition) is 2. The average molecular weight is 270 g/mol. The van der Waals surface area contributed by atoms with Gasteiger partial charge in [0.1, 0.15) is 0 Å². The Morgan fingerprint density at radius 3 is 2.50 bits per heavy atom. The Morgan fingerprint density at radius 2 is 1.95 bits per heavy atom. The molecule has 0 aromatic heterocycles. The highest BCUT2D eigenvalue weighted by atomic mass is 16.1. The summed E-state index contributed by atoms with van der Waals surface area (Å²) >= 11 is 0. The Labute approximate surface area is 121 Å². The predicted molar refractivity (Wildman–Crippen MR) is 82.0 cm³/mol. The summed E-state index contributed by atoms with van der Waals surface area (Å²) in [5.41, 5.74) is 2.01. The topological polar surface area (TPSA) is 32.3 Å². The van der Waals surface area contributed by atoms with Gasteiger partial charge in [0.05, 0.1) is 6.42 Å². The molecular weight excluding hydrogens is 248 g/mol. The van der Waals surface area contributed by atoms with Crippen LogP contribution in [0.2, 0.25) is 0 Å². The van der Waals surface area contributed by atoms with Gasteiger partial charge in [-0.15, -0.1) is 0 Å². The Hall–Kier alpha value is -2.03. The van der Waals surface area contributed by atoms with E-state index in [1.165, 1.54) is 0 Å². The van der Waals surface area contributed by atoms with E-state index in [1.54, 1.807) is 0 Å². The maximum Gasteiger partial charge on any atom is 0.228 e. The molecule has 2 rings (SSSR count). The van der Waals surface area contributed by atoms with Crippen LogP contribution in [0.25, 0.3) is 0 Å². The van der Waals surface area contributed by atoms with E-state index in [0.29, 0.717) is 6.42 Å². The molecule has 0 spiro atoms. The lowest BCUT2D eigenvalue weighted by molar-refractivity contribution is -0.119. The van der Waals surface area contributed by atoms with Crippen LogP contribution in [-0.2, 0) is 11.2 Å². The highest BCUT2D eigenvalue weighted by Gasteiger charge is 2.19. The van der Waals surface area contributed by atoms with Crippen molar-refractivity contribution in [3.63, 3.8) is 0 Å². The third-order valence-corrected chi connectivity index (χ3v) is 3.29. The maximum absolute atomic E-state index is 12.0. The molecule has 1 aromatic carbocycles. The molecular formula is C17H22N2O. The molecule has 3 heteroatoms. The summed E-state index contributed by atoms with van der Waals surface area (Å²) in [6, 6.07) is 9.78. The van der Waals surface area contributed by atoms with Gasteiger partial charge in [-0.05, 0) is 38.5 Å². The Kier molecular flexibility index (Phi) is 4.28. The molecule has 0 unspecified atom stereocenters. The average Bonchev–Trinajstić information content (AvgIpc) is 2.39. The fourth-order valence-corrected chi connectivity index (χ4v) is 2.07. The van der Waals surface area contributed by atoms with Gasteiger partial charge in [0.2, 0.25) is 5.91 Å². The molecule has 0 bridgehead atoms. The number of amides is 1. The van der Waals surface area contributed by atoms with E-state index in [1.807, 2.05) is 48.7 Å². The van der Waals surface area contributed by atoms with Crippen molar-refractivity contribution in [3.05, 3.63) is 59.9 Å². The van der Waals surface area contributed by atoms with Crippen molar-refractivity contribution in [2.75, 3.05) is 6.54 Å². The molecule has 0 saturated heterocycles. The normalized spacial score (nSPS) is 14.9. The largest absolute Gasteiger partial charge is 0.369 e. The number of benzene rings is 1. The fourth-order valence-electron chi connectivity index (χ4n) is 2.07. The molecule has 0 radical (unpaired) electrons. The second-order valence-corrected chi connectivity index (χ2v) is 6.01. The second kappa shape index (κ2) is 5.95. The lowest BCUT2D eigenvalue weighted by Crippen LogP contribution is -2.39. The van der Waals surface area contributed by atoms with E-state index < -0.39 is 0 Å². The first kappa shape index (κ1) is 14.4. The highest BCUT2D eigenvalue weighted by molar-refractivity contribution is 5.80. The molecule has 1 aromatic rings. The van der Waals surface area contributed by atoms with Gasteiger partial charge in [-0.3, -0.25) is 4.79 Å². The zero-order valence-corrected chi connectivity index (χ0v) is 12.4. The molecule has 3 nitrogen and oxygen atoms in total. The summed E-state index contributed by atoms with van der Waals surface area (Å²) in [6.45, 7) is 7.33. The first-order valence-corrected chi connectivity index (χ1v) is 6.94. The molecule has 106 valence electrons. The molecule has 1 heterocycles. The standard InChI is InChI=1S/C17H22N2O/c1-17(2,3)19-11-9-15(10-12-19)18-16(20)13-14-7-5-4-6-8-14/h4-11H,12-13H2,1-3H3,(H,18,20). The van der Waals surface area contributed by atoms with Crippen molar-refractivity contribution in [1.29, 1.82) is 0 Å². The summed E-state index contributed by atoms with van der Waals surface area (Å²) in [5, 5.41) is 2.95. The van der Waals surface area contributed by atoms with Gasteiger partial charge in [0.25, 0.3) is 0 Å². The lowest BCUT2D eigenvalue weighted by atomic mass is 10.1. The van der Waals surface area contributed by atoms with Crippen molar-refractivity contribution in [1.82, 2.24) is 10.2 Å². The Morgan fingerprint density at radius 1 is 1.25 bits per heavy atom. The second-order valence-electron chi connectivity index (χ2n) is 6.01. The van der Waals surface area contributed by atoms with Crippen molar-refractivity contribution < 1.29 is 4.79 Å². The van der Waals surface area contributed by atoms with Gasteiger partial charge in [0.15, 0.2) is 0 Å². The molecule has 0 aliphatic carbocycles. The lowest BCUT2D eigenvalue weighted by Gasteiger charge is -2.35. The number of hydrogen-bond donors (Lipinski definition) is 1. The van der Waals surface area contributed by atoms with Gasteiger partial charge in [-0.1, -0.05) is 30.3 Å². The van der Waals surface area contributed by atoms with Gasteiger partial charge < -0.3 is 10.2 Å². The van der Waals surface area contributed by atoms with Crippen LogP contribution in [0.1, 0.15) is 26.3 Å². The predicted octanol–water partition coefficient (Wildman–Crippen LogP) is 2.86. The molecule has 0 atom stereocenters. The number of nitrogens with one attached hydrogen (secondary N) is 1. The summed E-state index contributed by atoms with van der Waals surface area (Å²) in [6.07, 6.45) is 6.46. The van der Waals surface area contributed by atoms with Crippen LogP contribution < -0.4 is 5.32 Å². The molecule has 1 aliphatic rings. The van der Waals surface area contributed by atoms with Crippen LogP contribution in [0.15, 0.2) is 54.4 Å². The minimum absolute atomic E-state index is 0.0244. The highest BCUT2D eigenvalue weighted by Crippen LogP contribution is 2.17. The van der Waals surface area contributed by atoms with Crippen molar-refractivity contribution in [3.8, 4) is 0 Å². The first-order chi connectivity index (χ1) is 9.45. The molecule has 1 N–H and O–H groups in total. The number of nitrogens with zero attached hydrogens (tertiary/aromatic N) is 1. The zero-order valence-electron chi connectivity index (χ0n) is 12.4. The van der Waals surface area contributed by atoms with E-state index in [2.05, 4.69) is 31.0 Å². The summed E-state index contributed by atoms with van der Waals surface area (Å²) < 4.78 is 0. The quantitative estimate of drug-likeness (QED) is 0.916. The van der Waals surface area contributed by atoms with Crippen LogP contribution in [0.3, 0.4) is 0 Å². The summed E-state index contributed by atoms with van der Waals surface area (Å²) in [5.74, 6) is 0.0244.